The van der Waals surface area contributed by atoms with Crippen LogP contribution in [0.25, 0.3) is 0 Å². The first-order valence-electron chi connectivity index (χ1n) is 4.55. The maximum absolute atomic E-state index is 5.57. The van der Waals surface area contributed by atoms with Gasteiger partial charge in [0.15, 0.2) is 0 Å². The van der Waals surface area contributed by atoms with Crippen molar-refractivity contribution in [2.24, 2.45) is 0 Å². The minimum atomic E-state index is 0.124. The fourth-order valence-electron chi connectivity index (χ4n) is 1.54. The van der Waals surface area contributed by atoms with E-state index in [-0.39, 0.29) is 6.10 Å². The van der Waals surface area contributed by atoms with Gasteiger partial charge in [-0.25, -0.2) is 9.97 Å². The normalized spacial score (nSPS) is 22.9. The molecule has 4 nitrogen and oxygen atoms in total. The van der Waals surface area contributed by atoms with Gasteiger partial charge in [0.2, 0.25) is 0 Å². The molecule has 1 aliphatic rings. The maximum atomic E-state index is 5.57. The molecule has 2 heterocycles. The van der Waals surface area contributed by atoms with E-state index < -0.39 is 0 Å². The average Bonchev–Trinajstić information content (AvgIpc) is 2.19. The third kappa shape index (κ3) is 1.95. The fourth-order valence-corrected chi connectivity index (χ4v) is 1.54. The van der Waals surface area contributed by atoms with Gasteiger partial charge in [-0.05, 0) is 19.3 Å². The number of anilines is 1. The van der Waals surface area contributed by atoms with Gasteiger partial charge in [-0.15, -0.1) is 0 Å². The average molecular weight is 179 g/mol. The number of rotatable bonds is 1. The van der Waals surface area contributed by atoms with Crippen molar-refractivity contribution in [1.29, 1.82) is 0 Å². The Morgan fingerprint density at radius 1 is 1.38 bits per heavy atom. The summed E-state index contributed by atoms with van der Waals surface area (Å²) in [5.74, 6) is 0.513. The first kappa shape index (κ1) is 8.44. The zero-order chi connectivity index (χ0) is 9.10. The monoisotopic (exact) mass is 179 g/mol. The quantitative estimate of drug-likeness (QED) is 0.705. The van der Waals surface area contributed by atoms with Crippen LogP contribution in [0.2, 0.25) is 0 Å². The first-order valence-corrected chi connectivity index (χ1v) is 4.55. The molecule has 1 saturated heterocycles. The number of ether oxygens (including phenoxy) is 1. The van der Waals surface area contributed by atoms with Crippen molar-refractivity contribution in [3.8, 4) is 0 Å². The lowest BCUT2D eigenvalue weighted by atomic mass is 10.1. The summed E-state index contributed by atoms with van der Waals surface area (Å²) >= 11 is 0. The van der Waals surface area contributed by atoms with E-state index in [2.05, 4.69) is 9.97 Å². The van der Waals surface area contributed by atoms with Crippen molar-refractivity contribution in [2.75, 3.05) is 12.3 Å². The van der Waals surface area contributed by atoms with Gasteiger partial charge in [0.05, 0.1) is 11.8 Å². The minimum absolute atomic E-state index is 0.124. The third-order valence-electron chi connectivity index (χ3n) is 2.22. The fraction of sp³-hybridized carbons (Fsp3) is 0.556. The van der Waals surface area contributed by atoms with E-state index >= 15 is 0 Å². The molecule has 1 unspecified atom stereocenters. The van der Waals surface area contributed by atoms with Crippen molar-refractivity contribution in [3.63, 3.8) is 0 Å². The highest BCUT2D eigenvalue weighted by Crippen LogP contribution is 2.26. The van der Waals surface area contributed by atoms with Crippen molar-refractivity contribution < 1.29 is 4.74 Å². The summed E-state index contributed by atoms with van der Waals surface area (Å²) in [6, 6.07) is 1.79. The Morgan fingerprint density at radius 2 is 2.31 bits per heavy atom. The van der Waals surface area contributed by atoms with E-state index in [0.29, 0.717) is 5.82 Å². The van der Waals surface area contributed by atoms with E-state index in [9.17, 15) is 0 Å². The van der Waals surface area contributed by atoms with Crippen molar-refractivity contribution in [3.05, 3.63) is 18.1 Å². The van der Waals surface area contributed by atoms with Gasteiger partial charge in [0.25, 0.3) is 0 Å². The van der Waals surface area contributed by atoms with Crippen LogP contribution >= 0.6 is 0 Å². The molecule has 1 atom stereocenters. The van der Waals surface area contributed by atoms with Crippen LogP contribution < -0.4 is 5.73 Å². The minimum Gasteiger partial charge on any atom is -0.384 e. The Bertz CT molecular complexity index is 284. The van der Waals surface area contributed by atoms with E-state index in [0.717, 1.165) is 25.1 Å². The zero-order valence-electron chi connectivity index (χ0n) is 7.44. The van der Waals surface area contributed by atoms with Crippen LogP contribution in [-0.2, 0) is 4.74 Å². The molecular formula is C9H13N3O. The lowest BCUT2D eigenvalue weighted by molar-refractivity contribution is 0.0123. The molecule has 0 aromatic carbocycles. The summed E-state index contributed by atoms with van der Waals surface area (Å²) in [6.45, 7) is 0.828. The van der Waals surface area contributed by atoms with E-state index in [1.54, 1.807) is 6.07 Å². The van der Waals surface area contributed by atoms with Crippen molar-refractivity contribution in [2.45, 2.75) is 25.4 Å². The molecule has 0 bridgehead atoms. The van der Waals surface area contributed by atoms with Gasteiger partial charge in [0, 0.05) is 12.7 Å². The smallest absolute Gasteiger partial charge is 0.127 e. The Morgan fingerprint density at radius 3 is 3.00 bits per heavy atom. The second-order valence-corrected chi connectivity index (χ2v) is 3.22. The van der Waals surface area contributed by atoms with Gasteiger partial charge in [-0.1, -0.05) is 0 Å². The molecule has 0 spiro atoms. The van der Waals surface area contributed by atoms with Gasteiger partial charge >= 0.3 is 0 Å². The Hall–Kier alpha value is -1.16. The second-order valence-electron chi connectivity index (χ2n) is 3.22. The molecule has 1 aliphatic heterocycles. The molecule has 2 rings (SSSR count). The lowest BCUT2D eigenvalue weighted by Crippen LogP contribution is -2.13. The van der Waals surface area contributed by atoms with Gasteiger partial charge in [0.1, 0.15) is 12.1 Å². The highest BCUT2D eigenvalue weighted by Gasteiger charge is 2.17. The highest BCUT2D eigenvalue weighted by atomic mass is 16.5. The van der Waals surface area contributed by atoms with Crippen LogP contribution in [0.3, 0.4) is 0 Å². The number of hydrogen-bond donors (Lipinski definition) is 1. The van der Waals surface area contributed by atoms with Crippen LogP contribution in [0.15, 0.2) is 12.4 Å². The van der Waals surface area contributed by atoms with Crippen LogP contribution in [0.5, 0.6) is 0 Å². The number of aromatic nitrogens is 2. The third-order valence-corrected chi connectivity index (χ3v) is 2.22. The zero-order valence-corrected chi connectivity index (χ0v) is 7.44. The highest BCUT2D eigenvalue weighted by molar-refractivity contribution is 5.28. The Kier molecular flexibility index (Phi) is 2.40. The molecule has 13 heavy (non-hydrogen) atoms. The molecule has 4 heteroatoms. The Balaban J connectivity index is 2.14. The summed E-state index contributed by atoms with van der Waals surface area (Å²) in [5.41, 5.74) is 6.47. The van der Waals surface area contributed by atoms with Crippen molar-refractivity contribution in [1.82, 2.24) is 9.97 Å². The summed E-state index contributed by atoms with van der Waals surface area (Å²) in [6.07, 6.45) is 5.00. The summed E-state index contributed by atoms with van der Waals surface area (Å²) in [7, 11) is 0. The van der Waals surface area contributed by atoms with Gasteiger partial charge in [-0.3, -0.25) is 0 Å². The van der Waals surface area contributed by atoms with E-state index in [1.165, 1.54) is 12.7 Å². The Labute approximate surface area is 77.1 Å². The van der Waals surface area contributed by atoms with Crippen LogP contribution in [0, 0.1) is 0 Å². The lowest BCUT2D eigenvalue weighted by Gasteiger charge is -2.21. The summed E-state index contributed by atoms with van der Waals surface area (Å²) < 4.78 is 5.57. The maximum Gasteiger partial charge on any atom is 0.127 e. The van der Waals surface area contributed by atoms with Crippen LogP contribution in [-0.4, -0.2) is 16.6 Å². The molecule has 1 fully saturated rings. The largest absolute Gasteiger partial charge is 0.384 e. The predicted molar refractivity (Wildman–Crippen MR) is 49.0 cm³/mol. The molecule has 0 saturated carbocycles. The van der Waals surface area contributed by atoms with E-state index in [1.807, 2.05) is 0 Å². The summed E-state index contributed by atoms with van der Waals surface area (Å²) in [5, 5.41) is 0. The number of nitrogen functional groups attached to an aromatic ring is 1. The molecule has 0 amide bonds. The molecule has 1 aromatic heterocycles. The number of nitrogens with zero attached hydrogens (tertiary/aromatic N) is 2. The summed E-state index contributed by atoms with van der Waals surface area (Å²) in [4.78, 5) is 7.99. The number of nitrogens with two attached hydrogens (primary N) is 1. The predicted octanol–water partition coefficient (Wildman–Crippen LogP) is 1.30. The second kappa shape index (κ2) is 3.70. The SMILES string of the molecule is Nc1cc(C2CCCCO2)ncn1. The van der Waals surface area contributed by atoms with Crippen molar-refractivity contribution >= 4 is 5.82 Å². The standard InChI is InChI=1S/C9H13N3O/c10-9-5-7(11-6-12-9)8-3-1-2-4-13-8/h5-6,8H,1-4H2,(H2,10,11,12). The molecular weight excluding hydrogens is 166 g/mol. The topological polar surface area (TPSA) is 61.0 Å². The first-order chi connectivity index (χ1) is 6.36. The molecule has 0 aliphatic carbocycles. The molecule has 0 radical (unpaired) electrons. The van der Waals surface area contributed by atoms with Crippen LogP contribution in [0.4, 0.5) is 5.82 Å². The molecule has 2 N–H and O–H groups in total. The molecule has 70 valence electrons. The van der Waals surface area contributed by atoms with Crippen LogP contribution in [0.1, 0.15) is 31.1 Å². The van der Waals surface area contributed by atoms with E-state index in [4.69, 9.17) is 10.5 Å². The number of hydrogen-bond acceptors (Lipinski definition) is 4. The van der Waals surface area contributed by atoms with Gasteiger partial charge < -0.3 is 10.5 Å². The van der Waals surface area contributed by atoms with Gasteiger partial charge in [-0.2, -0.15) is 0 Å². The molecule has 1 aromatic rings.